The van der Waals surface area contributed by atoms with Crippen LogP contribution in [0.3, 0.4) is 0 Å². The van der Waals surface area contributed by atoms with E-state index in [1.54, 1.807) is 19.1 Å². The van der Waals surface area contributed by atoms with Gasteiger partial charge in [-0.05, 0) is 36.6 Å². The molecule has 0 saturated carbocycles. The van der Waals surface area contributed by atoms with Crippen LogP contribution in [-0.2, 0) is 21.4 Å². The molecule has 3 rings (SSSR count). The van der Waals surface area contributed by atoms with Crippen LogP contribution in [0.2, 0.25) is 0 Å². The van der Waals surface area contributed by atoms with Crippen molar-refractivity contribution in [2.24, 2.45) is 5.14 Å². The molecule has 1 aromatic carbocycles. The van der Waals surface area contributed by atoms with Gasteiger partial charge in [-0.1, -0.05) is 12.1 Å². The van der Waals surface area contributed by atoms with Crippen molar-refractivity contribution in [1.82, 2.24) is 4.98 Å². The minimum atomic E-state index is -3.88. The van der Waals surface area contributed by atoms with Gasteiger partial charge in [-0.2, -0.15) is 8.42 Å². The van der Waals surface area contributed by atoms with Gasteiger partial charge in [0.2, 0.25) is 11.8 Å². The summed E-state index contributed by atoms with van der Waals surface area (Å²) in [5.74, 6) is 0.764. The van der Waals surface area contributed by atoms with Crippen LogP contribution in [0.4, 0.5) is 11.4 Å². The summed E-state index contributed by atoms with van der Waals surface area (Å²) in [7, 11) is -3.88. The van der Waals surface area contributed by atoms with E-state index in [0.717, 1.165) is 4.88 Å². The minimum Gasteiger partial charge on any atom is -0.440 e. The summed E-state index contributed by atoms with van der Waals surface area (Å²) in [6.07, 6.45) is 0.0353. The molecule has 1 amide bonds. The number of carbonyl (C=O) groups is 1. The molecule has 0 fully saturated rings. The van der Waals surface area contributed by atoms with Gasteiger partial charge in [0.05, 0.1) is 22.7 Å². The maximum atomic E-state index is 12.3. The average Bonchev–Trinajstić information content (AvgIpc) is 3.16. The van der Waals surface area contributed by atoms with Gasteiger partial charge in [0, 0.05) is 5.69 Å². The summed E-state index contributed by atoms with van der Waals surface area (Å²) in [6.45, 7) is 1.75. The first-order chi connectivity index (χ1) is 12.3. The lowest BCUT2D eigenvalue weighted by Crippen LogP contribution is -2.22. The molecule has 0 aliphatic rings. The highest BCUT2D eigenvalue weighted by molar-refractivity contribution is 7.90. The van der Waals surface area contributed by atoms with Crippen LogP contribution in [0.25, 0.3) is 10.8 Å². The Kier molecular flexibility index (Phi) is 5.07. The van der Waals surface area contributed by atoms with Gasteiger partial charge < -0.3 is 9.73 Å². The number of nitrogens with one attached hydrogen (secondary N) is 2. The van der Waals surface area contributed by atoms with Crippen molar-refractivity contribution < 1.29 is 17.6 Å². The van der Waals surface area contributed by atoms with Crippen LogP contribution in [0.5, 0.6) is 0 Å². The van der Waals surface area contributed by atoms with Crippen molar-refractivity contribution in [2.45, 2.75) is 13.3 Å². The number of amides is 1. The molecule has 8 nitrogen and oxygen atoms in total. The van der Waals surface area contributed by atoms with E-state index >= 15 is 0 Å². The molecule has 136 valence electrons. The number of benzene rings is 1. The summed E-state index contributed by atoms with van der Waals surface area (Å²) in [5, 5.41) is 9.55. The summed E-state index contributed by atoms with van der Waals surface area (Å²) < 4.78 is 29.9. The number of rotatable bonds is 6. The number of hydrogen-bond acceptors (Lipinski definition) is 6. The largest absolute Gasteiger partial charge is 0.440 e. The standard InChI is InChI=1S/C16H16N4O4S2/c1-10-13(19-16(24-10)14-6-3-7-25-14)9-15(21)18-11-4-2-5-12(8-11)20-26(17,22)23/h2-8,20H,9H2,1H3,(H,18,21)(H2,17,22,23). The van der Waals surface area contributed by atoms with Crippen LogP contribution >= 0.6 is 11.3 Å². The van der Waals surface area contributed by atoms with Gasteiger partial charge in [-0.3, -0.25) is 9.52 Å². The zero-order chi connectivity index (χ0) is 18.7. The molecule has 0 saturated heterocycles. The van der Waals surface area contributed by atoms with Crippen molar-refractivity contribution in [3.63, 3.8) is 0 Å². The molecule has 0 bridgehead atoms. The highest BCUT2D eigenvalue weighted by Gasteiger charge is 2.15. The maximum Gasteiger partial charge on any atom is 0.296 e. The predicted molar refractivity (Wildman–Crippen MR) is 100 cm³/mol. The van der Waals surface area contributed by atoms with E-state index in [9.17, 15) is 13.2 Å². The highest BCUT2D eigenvalue weighted by atomic mass is 32.2. The molecule has 3 aromatic rings. The first kappa shape index (κ1) is 18.1. The Morgan fingerprint density at radius 3 is 2.73 bits per heavy atom. The van der Waals surface area contributed by atoms with Crippen molar-refractivity contribution >= 4 is 38.8 Å². The lowest BCUT2D eigenvalue weighted by atomic mass is 10.2. The molecule has 0 spiro atoms. The second-order valence-electron chi connectivity index (χ2n) is 5.45. The Labute approximate surface area is 154 Å². The lowest BCUT2D eigenvalue weighted by Gasteiger charge is -2.07. The molecular formula is C16H16N4O4S2. The number of aryl methyl sites for hydroxylation is 1. The van der Waals surface area contributed by atoms with Gasteiger partial charge in [0.25, 0.3) is 10.2 Å². The predicted octanol–water partition coefficient (Wildman–Crippen LogP) is 2.51. The minimum absolute atomic E-state index is 0.0353. The van der Waals surface area contributed by atoms with E-state index in [-0.39, 0.29) is 18.0 Å². The van der Waals surface area contributed by atoms with Gasteiger partial charge in [-0.25, -0.2) is 10.1 Å². The first-order valence-corrected chi connectivity index (χ1v) is 9.93. The van der Waals surface area contributed by atoms with Crippen molar-refractivity contribution in [1.29, 1.82) is 0 Å². The molecule has 0 unspecified atom stereocenters. The quantitative estimate of drug-likeness (QED) is 0.594. The highest BCUT2D eigenvalue weighted by Crippen LogP contribution is 2.26. The van der Waals surface area contributed by atoms with Gasteiger partial charge >= 0.3 is 0 Å². The molecule has 26 heavy (non-hydrogen) atoms. The van der Waals surface area contributed by atoms with Crippen LogP contribution in [0.15, 0.2) is 46.2 Å². The Bertz CT molecular complexity index is 1030. The van der Waals surface area contributed by atoms with Crippen LogP contribution in [-0.4, -0.2) is 19.3 Å². The van der Waals surface area contributed by atoms with E-state index < -0.39 is 10.2 Å². The SMILES string of the molecule is Cc1oc(-c2cccs2)nc1CC(=O)Nc1cccc(NS(N)(=O)=O)c1. The van der Waals surface area contributed by atoms with Crippen molar-refractivity contribution in [2.75, 3.05) is 10.0 Å². The zero-order valence-corrected chi connectivity index (χ0v) is 15.4. The van der Waals surface area contributed by atoms with Crippen LogP contribution in [0, 0.1) is 6.92 Å². The third-order valence-electron chi connectivity index (χ3n) is 3.36. The van der Waals surface area contributed by atoms with Crippen molar-refractivity contribution in [3.8, 4) is 10.8 Å². The molecular weight excluding hydrogens is 376 g/mol. The molecule has 10 heteroatoms. The topological polar surface area (TPSA) is 127 Å². The summed E-state index contributed by atoms with van der Waals surface area (Å²) >= 11 is 1.50. The monoisotopic (exact) mass is 392 g/mol. The third-order valence-corrected chi connectivity index (χ3v) is 4.74. The van der Waals surface area contributed by atoms with E-state index in [2.05, 4.69) is 15.0 Å². The van der Waals surface area contributed by atoms with Gasteiger partial charge in [-0.15, -0.1) is 11.3 Å². The van der Waals surface area contributed by atoms with Crippen molar-refractivity contribution in [3.05, 3.63) is 53.2 Å². The summed E-state index contributed by atoms with van der Waals surface area (Å²) in [4.78, 5) is 17.5. The zero-order valence-electron chi connectivity index (χ0n) is 13.7. The van der Waals surface area contributed by atoms with E-state index in [1.165, 1.54) is 23.5 Å². The second kappa shape index (κ2) is 7.28. The average molecular weight is 392 g/mol. The van der Waals surface area contributed by atoms with Gasteiger partial charge in [0.1, 0.15) is 5.76 Å². The van der Waals surface area contributed by atoms with E-state index in [4.69, 9.17) is 9.56 Å². The fourth-order valence-corrected chi connectivity index (χ4v) is 3.38. The number of oxazole rings is 1. The maximum absolute atomic E-state index is 12.3. The summed E-state index contributed by atoms with van der Waals surface area (Å²) in [6, 6.07) is 10.0. The Hall–Kier alpha value is -2.69. The molecule has 0 aliphatic heterocycles. The molecule has 0 aliphatic carbocycles. The van der Waals surface area contributed by atoms with Crippen LogP contribution in [0.1, 0.15) is 11.5 Å². The number of anilines is 2. The molecule has 2 heterocycles. The molecule has 0 radical (unpaired) electrons. The number of carbonyl (C=O) groups excluding carboxylic acids is 1. The molecule has 0 atom stereocenters. The van der Waals surface area contributed by atoms with Gasteiger partial charge in [0.15, 0.2) is 0 Å². The Morgan fingerprint density at radius 2 is 2.04 bits per heavy atom. The molecule has 4 N–H and O–H groups in total. The second-order valence-corrected chi connectivity index (χ2v) is 7.69. The Morgan fingerprint density at radius 1 is 1.27 bits per heavy atom. The third kappa shape index (κ3) is 4.69. The fraction of sp³-hybridized carbons (Fsp3) is 0.125. The normalized spacial score (nSPS) is 11.3. The number of nitrogens with two attached hydrogens (primary N) is 1. The smallest absolute Gasteiger partial charge is 0.296 e. The number of aromatic nitrogens is 1. The number of nitrogens with zero attached hydrogens (tertiary/aromatic N) is 1. The lowest BCUT2D eigenvalue weighted by molar-refractivity contribution is -0.115. The van der Waals surface area contributed by atoms with Crippen LogP contribution < -0.4 is 15.2 Å². The summed E-state index contributed by atoms with van der Waals surface area (Å²) in [5.41, 5.74) is 1.23. The number of hydrogen-bond donors (Lipinski definition) is 3. The first-order valence-electron chi connectivity index (χ1n) is 7.51. The van der Waals surface area contributed by atoms with E-state index in [0.29, 0.717) is 23.0 Å². The molecule has 2 aromatic heterocycles. The number of thiophene rings is 1. The van der Waals surface area contributed by atoms with E-state index in [1.807, 2.05) is 17.5 Å². The fourth-order valence-electron chi connectivity index (χ4n) is 2.28. The Balaban J connectivity index is 1.69.